The van der Waals surface area contributed by atoms with Gasteiger partial charge in [-0.15, -0.1) is 0 Å². The van der Waals surface area contributed by atoms with Gasteiger partial charge in [0.15, 0.2) is 18.1 Å². The molecule has 2 amide bonds. The maximum absolute atomic E-state index is 12.4. The van der Waals surface area contributed by atoms with Crippen molar-refractivity contribution in [2.75, 3.05) is 50.7 Å². The van der Waals surface area contributed by atoms with Crippen molar-refractivity contribution in [3.63, 3.8) is 0 Å². The molecule has 0 radical (unpaired) electrons. The summed E-state index contributed by atoms with van der Waals surface area (Å²) in [5.74, 6) is 0.739. The fourth-order valence-corrected chi connectivity index (χ4v) is 3.93. The van der Waals surface area contributed by atoms with Gasteiger partial charge in [0.05, 0.1) is 30.9 Å². The minimum Gasteiger partial charge on any atom is -0.493 e. The number of nitrogens with one attached hydrogen (secondary N) is 2. The van der Waals surface area contributed by atoms with E-state index in [1.54, 1.807) is 42.3 Å². The maximum atomic E-state index is 12.4. The van der Waals surface area contributed by atoms with Crippen LogP contribution in [-0.4, -0.2) is 56.7 Å². The molecule has 36 heavy (non-hydrogen) atoms. The number of amides is 2. The van der Waals surface area contributed by atoms with Crippen molar-refractivity contribution in [3.8, 4) is 11.5 Å². The number of ether oxygens (including phenoxy) is 3. The molecular formula is C27H28ClN3O5. The third-order valence-electron chi connectivity index (χ3n) is 5.70. The number of anilines is 2. The van der Waals surface area contributed by atoms with E-state index < -0.39 is 0 Å². The molecule has 4 rings (SSSR count). The summed E-state index contributed by atoms with van der Waals surface area (Å²) in [6, 6.07) is 19.9. The van der Waals surface area contributed by atoms with E-state index in [2.05, 4.69) is 10.6 Å². The molecule has 2 N–H and O–H groups in total. The summed E-state index contributed by atoms with van der Waals surface area (Å²) in [5.41, 5.74) is 2.96. The highest BCUT2D eigenvalue weighted by molar-refractivity contribution is 6.34. The zero-order valence-electron chi connectivity index (χ0n) is 20.0. The number of hydrogen-bond donors (Lipinski definition) is 2. The Labute approximate surface area is 215 Å². The monoisotopic (exact) mass is 509 g/mol. The van der Waals surface area contributed by atoms with E-state index in [0.717, 1.165) is 11.3 Å². The molecule has 1 aliphatic rings. The molecule has 1 fully saturated rings. The lowest BCUT2D eigenvalue weighted by Crippen LogP contribution is -2.43. The molecule has 0 spiro atoms. The maximum Gasteiger partial charge on any atom is 0.260 e. The van der Waals surface area contributed by atoms with Gasteiger partial charge in [0, 0.05) is 31.0 Å². The van der Waals surface area contributed by atoms with Gasteiger partial charge >= 0.3 is 0 Å². The second-order valence-electron chi connectivity index (χ2n) is 8.13. The Hall–Kier alpha value is -3.75. The van der Waals surface area contributed by atoms with E-state index in [1.807, 2.05) is 36.4 Å². The highest BCUT2D eigenvalue weighted by Crippen LogP contribution is 2.28. The van der Waals surface area contributed by atoms with Gasteiger partial charge in [-0.1, -0.05) is 29.8 Å². The molecule has 0 aliphatic carbocycles. The average Bonchev–Trinajstić information content (AvgIpc) is 2.92. The Bertz CT molecular complexity index is 1200. The average molecular weight is 510 g/mol. The molecule has 0 unspecified atom stereocenters. The molecule has 188 valence electrons. The lowest BCUT2D eigenvalue weighted by molar-refractivity contribution is -0.137. The third kappa shape index (κ3) is 6.68. The number of morpholine rings is 1. The van der Waals surface area contributed by atoms with Crippen molar-refractivity contribution in [2.24, 2.45) is 0 Å². The summed E-state index contributed by atoms with van der Waals surface area (Å²) in [6.45, 7) is 2.77. The number of halogens is 1. The van der Waals surface area contributed by atoms with Crippen LogP contribution in [0.1, 0.15) is 15.9 Å². The summed E-state index contributed by atoms with van der Waals surface area (Å²) < 4.78 is 16.5. The standard InChI is InChI=1S/C27H28ClN3O5/c1-34-25-16-19(6-11-24(25)36-18-26(32)31-12-14-35-15-13-31)17-29-20-7-9-21(10-8-20)30-27(33)22-4-2-3-5-23(22)28/h2-11,16,29H,12-15,17-18H2,1H3,(H,30,33). The Morgan fingerprint density at radius 3 is 2.42 bits per heavy atom. The van der Waals surface area contributed by atoms with Crippen LogP contribution in [0.5, 0.6) is 11.5 Å². The molecule has 1 aliphatic heterocycles. The van der Waals surface area contributed by atoms with Crippen LogP contribution in [0.25, 0.3) is 0 Å². The smallest absolute Gasteiger partial charge is 0.260 e. The van der Waals surface area contributed by atoms with Gasteiger partial charge < -0.3 is 29.7 Å². The van der Waals surface area contributed by atoms with Gasteiger partial charge in [-0.2, -0.15) is 0 Å². The zero-order chi connectivity index (χ0) is 25.3. The minimum absolute atomic E-state index is 0.0483. The number of methoxy groups -OCH3 is 1. The van der Waals surface area contributed by atoms with E-state index in [4.69, 9.17) is 25.8 Å². The van der Waals surface area contributed by atoms with Crippen LogP contribution in [-0.2, 0) is 16.1 Å². The zero-order valence-corrected chi connectivity index (χ0v) is 20.7. The number of benzene rings is 3. The molecule has 8 nitrogen and oxygen atoms in total. The summed E-state index contributed by atoms with van der Waals surface area (Å²) in [4.78, 5) is 26.5. The van der Waals surface area contributed by atoms with Crippen LogP contribution < -0.4 is 20.1 Å². The van der Waals surface area contributed by atoms with Gasteiger partial charge in [0.1, 0.15) is 0 Å². The van der Waals surface area contributed by atoms with Gasteiger partial charge in [-0.25, -0.2) is 0 Å². The summed E-state index contributed by atoms with van der Waals surface area (Å²) >= 11 is 6.10. The number of carbonyl (C=O) groups is 2. The van der Waals surface area contributed by atoms with Crippen molar-refractivity contribution in [3.05, 3.63) is 82.9 Å². The summed E-state index contributed by atoms with van der Waals surface area (Å²) in [6.07, 6.45) is 0. The van der Waals surface area contributed by atoms with Crippen molar-refractivity contribution >= 4 is 34.8 Å². The van der Waals surface area contributed by atoms with Crippen LogP contribution >= 0.6 is 11.6 Å². The highest BCUT2D eigenvalue weighted by Gasteiger charge is 2.18. The molecule has 1 heterocycles. The Morgan fingerprint density at radius 1 is 0.972 bits per heavy atom. The third-order valence-corrected chi connectivity index (χ3v) is 6.03. The van der Waals surface area contributed by atoms with Crippen molar-refractivity contribution in [2.45, 2.75) is 6.54 Å². The molecule has 0 bridgehead atoms. The van der Waals surface area contributed by atoms with Crippen LogP contribution in [0.15, 0.2) is 66.7 Å². The first-order valence-corrected chi connectivity index (χ1v) is 12.0. The lowest BCUT2D eigenvalue weighted by Gasteiger charge is -2.26. The fraction of sp³-hybridized carbons (Fsp3) is 0.259. The van der Waals surface area contributed by atoms with Gasteiger partial charge in [0.2, 0.25) is 0 Å². The second-order valence-corrected chi connectivity index (χ2v) is 8.54. The number of hydrogen-bond acceptors (Lipinski definition) is 6. The van der Waals surface area contributed by atoms with Crippen molar-refractivity contribution in [1.82, 2.24) is 4.90 Å². The summed E-state index contributed by atoms with van der Waals surface area (Å²) in [7, 11) is 1.57. The SMILES string of the molecule is COc1cc(CNc2ccc(NC(=O)c3ccccc3Cl)cc2)ccc1OCC(=O)N1CCOCC1. The molecular weight excluding hydrogens is 482 g/mol. The van der Waals surface area contributed by atoms with Crippen LogP contribution in [0.3, 0.4) is 0 Å². The highest BCUT2D eigenvalue weighted by atomic mass is 35.5. The molecule has 1 saturated heterocycles. The van der Waals surface area contributed by atoms with Gasteiger partial charge in [-0.3, -0.25) is 9.59 Å². The first kappa shape index (κ1) is 25.3. The fourth-order valence-electron chi connectivity index (χ4n) is 3.70. The van der Waals surface area contributed by atoms with E-state index >= 15 is 0 Å². The molecule has 0 saturated carbocycles. The molecule has 9 heteroatoms. The molecule has 0 atom stereocenters. The molecule has 3 aromatic rings. The minimum atomic E-state index is -0.262. The molecule has 3 aromatic carbocycles. The summed E-state index contributed by atoms with van der Waals surface area (Å²) in [5, 5.41) is 6.60. The number of rotatable bonds is 9. The predicted molar refractivity (Wildman–Crippen MR) is 139 cm³/mol. The van der Waals surface area contributed by atoms with E-state index in [9.17, 15) is 9.59 Å². The molecule has 0 aromatic heterocycles. The normalized spacial score (nSPS) is 13.1. The van der Waals surface area contributed by atoms with E-state index in [1.165, 1.54) is 0 Å². The first-order chi connectivity index (χ1) is 17.5. The Balaban J connectivity index is 1.29. The Kier molecular flexibility index (Phi) is 8.65. The van der Waals surface area contributed by atoms with Gasteiger partial charge in [-0.05, 0) is 54.1 Å². The van der Waals surface area contributed by atoms with Crippen LogP contribution in [0, 0.1) is 0 Å². The van der Waals surface area contributed by atoms with Crippen molar-refractivity contribution < 1.29 is 23.8 Å². The van der Waals surface area contributed by atoms with Gasteiger partial charge in [0.25, 0.3) is 11.8 Å². The van der Waals surface area contributed by atoms with Crippen LogP contribution in [0.4, 0.5) is 11.4 Å². The van der Waals surface area contributed by atoms with E-state index in [0.29, 0.717) is 60.6 Å². The quantitative estimate of drug-likeness (QED) is 0.443. The predicted octanol–water partition coefficient (Wildman–Crippen LogP) is 4.45. The first-order valence-electron chi connectivity index (χ1n) is 11.6. The van der Waals surface area contributed by atoms with Crippen molar-refractivity contribution in [1.29, 1.82) is 0 Å². The Morgan fingerprint density at radius 2 is 1.69 bits per heavy atom. The van der Waals surface area contributed by atoms with E-state index in [-0.39, 0.29) is 18.4 Å². The largest absolute Gasteiger partial charge is 0.493 e. The topological polar surface area (TPSA) is 89.1 Å². The second kappa shape index (κ2) is 12.3. The number of carbonyl (C=O) groups excluding carboxylic acids is 2. The lowest BCUT2D eigenvalue weighted by atomic mass is 10.2. The van der Waals surface area contributed by atoms with Crippen LogP contribution in [0.2, 0.25) is 5.02 Å². The number of nitrogens with zero attached hydrogens (tertiary/aromatic N) is 1.